The van der Waals surface area contributed by atoms with E-state index in [2.05, 4.69) is 31.3 Å². The normalized spacial score (nSPS) is 13.4. The summed E-state index contributed by atoms with van der Waals surface area (Å²) in [4.78, 5) is 12.5. The third-order valence-corrected chi connectivity index (χ3v) is 11.2. The summed E-state index contributed by atoms with van der Waals surface area (Å²) in [6.07, 6.45) is 50.3. The standard InChI is InChI=1S/C45H87NO5S/c1-3-5-7-9-11-13-15-17-19-21-23-25-27-29-31-33-35-37-39-41-45(48)46-43(42-52(49,50)51)44(47)40-38-36-34-32-30-28-26-24-22-20-18-16-14-12-10-8-6-4-2/h30,32,38,40,43-44,47H,3-29,31,33-37,39,41-42H2,1-2H3,(H,46,48)(H,49,50,51)/b32-30+,40-38+. The minimum Gasteiger partial charge on any atom is -0.387 e. The summed E-state index contributed by atoms with van der Waals surface area (Å²) in [7, 11) is -4.35. The first-order chi connectivity index (χ1) is 25.3. The number of rotatable bonds is 41. The largest absolute Gasteiger partial charge is 0.387 e. The molecule has 0 aromatic heterocycles. The van der Waals surface area contributed by atoms with Crippen LogP contribution in [0.15, 0.2) is 24.3 Å². The van der Waals surface area contributed by atoms with Gasteiger partial charge in [-0.3, -0.25) is 9.35 Å². The van der Waals surface area contributed by atoms with E-state index in [9.17, 15) is 22.9 Å². The number of amides is 1. The Bertz CT molecular complexity index is 919. The molecule has 0 aromatic rings. The molecule has 0 aliphatic carbocycles. The van der Waals surface area contributed by atoms with E-state index in [0.29, 0.717) is 6.42 Å². The van der Waals surface area contributed by atoms with Crippen LogP contribution in [0, 0.1) is 0 Å². The molecule has 0 heterocycles. The van der Waals surface area contributed by atoms with Crippen LogP contribution in [0.1, 0.15) is 239 Å². The number of aliphatic hydroxyl groups excluding tert-OH is 1. The quantitative estimate of drug-likeness (QED) is 0.0328. The number of hydrogen-bond donors (Lipinski definition) is 3. The maximum absolute atomic E-state index is 12.5. The topological polar surface area (TPSA) is 104 Å². The number of carbonyl (C=O) groups is 1. The molecule has 0 bridgehead atoms. The zero-order valence-corrected chi connectivity index (χ0v) is 35.3. The molecule has 2 unspecified atom stereocenters. The van der Waals surface area contributed by atoms with E-state index in [0.717, 1.165) is 38.5 Å². The highest BCUT2D eigenvalue weighted by molar-refractivity contribution is 7.85. The van der Waals surface area contributed by atoms with Gasteiger partial charge in [-0.1, -0.05) is 224 Å². The number of aliphatic hydroxyl groups is 1. The van der Waals surface area contributed by atoms with Crippen LogP contribution in [0.3, 0.4) is 0 Å². The van der Waals surface area contributed by atoms with Crippen molar-refractivity contribution < 1.29 is 22.9 Å². The number of carbonyl (C=O) groups excluding carboxylic acids is 1. The van der Waals surface area contributed by atoms with Gasteiger partial charge in [-0.15, -0.1) is 0 Å². The molecule has 3 N–H and O–H groups in total. The Balaban J connectivity index is 3.88. The Labute approximate surface area is 324 Å². The van der Waals surface area contributed by atoms with Crippen molar-refractivity contribution in [3.05, 3.63) is 24.3 Å². The summed E-state index contributed by atoms with van der Waals surface area (Å²) in [5, 5.41) is 13.2. The Morgan fingerprint density at radius 1 is 0.500 bits per heavy atom. The Morgan fingerprint density at radius 3 is 1.21 bits per heavy atom. The molecule has 2 atom stereocenters. The van der Waals surface area contributed by atoms with Crippen molar-refractivity contribution in [2.24, 2.45) is 0 Å². The first-order valence-electron chi connectivity index (χ1n) is 22.5. The third kappa shape index (κ3) is 40.0. The molecule has 308 valence electrons. The Kier molecular flexibility index (Phi) is 38.6. The summed E-state index contributed by atoms with van der Waals surface area (Å²) in [5.74, 6) is -0.989. The highest BCUT2D eigenvalue weighted by Crippen LogP contribution is 2.16. The molecule has 0 saturated carbocycles. The van der Waals surface area contributed by atoms with Gasteiger partial charge in [-0.05, 0) is 32.1 Å². The maximum atomic E-state index is 12.5. The summed E-state index contributed by atoms with van der Waals surface area (Å²) in [6.45, 7) is 4.54. The fourth-order valence-corrected chi connectivity index (χ4v) is 7.73. The van der Waals surface area contributed by atoms with Crippen molar-refractivity contribution in [2.45, 2.75) is 251 Å². The molecule has 1 amide bonds. The van der Waals surface area contributed by atoms with Crippen LogP contribution in [-0.4, -0.2) is 41.9 Å². The average molecular weight is 754 g/mol. The predicted molar refractivity (Wildman–Crippen MR) is 226 cm³/mol. The molecule has 0 aliphatic rings. The van der Waals surface area contributed by atoms with Gasteiger partial charge in [0.2, 0.25) is 5.91 Å². The molecule has 0 radical (unpaired) electrons. The van der Waals surface area contributed by atoms with Crippen LogP contribution >= 0.6 is 0 Å². The molecule has 0 spiro atoms. The van der Waals surface area contributed by atoms with Crippen LogP contribution in [0.4, 0.5) is 0 Å². The van der Waals surface area contributed by atoms with E-state index in [1.54, 1.807) is 0 Å². The van der Waals surface area contributed by atoms with Crippen molar-refractivity contribution in [3.63, 3.8) is 0 Å². The lowest BCUT2D eigenvalue weighted by Gasteiger charge is -2.21. The third-order valence-electron chi connectivity index (χ3n) is 10.4. The van der Waals surface area contributed by atoms with E-state index in [1.165, 1.54) is 186 Å². The zero-order chi connectivity index (χ0) is 38.2. The van der Waals surface area contributed by atoms with Gasteiger partial charge in [-0.2, -0.15) is 8.42 Å². The second-order valence-corrected chi connectivity index (χ2v) is 17.2. The van der Waals surface area contributed by atoms with E-state index in [-0.39, 0.29) is 5.91 Å². The molecule has 0 aromatic carbocycles. The van der Waals surface area contributed by atoms with Crippen molar-refractivity contribution >= 4 is 16.0 Å². The van der Waals surface area contributed by atoms with Crippen molar-refractivity contribution in [1.82, 2.24) is 5.32 Å². The fraction of sp³-hybridized carbons (Fsp3) is 0.889. The summed E-state index contributed by atoms with van der Waals surface area (Å²) in [5.41, 5.74) is 0. The number of unbranched alkanes of at least 4 members (excludes halogenated alkanes) is 31. The van der Waals surface area contributed by atoms with Crippen molar-refractivity contribution in [2.75, 3.05) is 5.75 Å². The van der Waals surface area contributed by atoms with Gasteiger partial charge in [0.15, 0.2) is 0 Å². The molecular formula is C45H87NO5S. The van der Waals surface area contributed by atoms with Gasteiger partial charge in [0.05, 0.1) is 17.9 Å². The minimum atomic E-state index is -4.35. The van der Waals surface area contributed by atoms with Crippen molar-refractivity contribution in [3.8, 4) is 0 Å². The summed E-state index contributed by atoms with van der Waals surface area (Å²) >= 11 is 0. The van der Waals surface area contributed by atoms with Crippen LogP contribution in [0.2, 0.25) is 0 Å². The number of nitrogens with one attached hydrogen (secondary N) is 1. The van der Waals surface area contributed by atoms with Gasteiger partial charge in [0.1, 0.15) is 0 Å². The second kappa shape index (κ2) is 39.5. The molecular weight excluding hydrogens is 667 g/mol. The fourth-order valence-electron chi connectivity index (χ4n) is 7.00. The number of allylic oxidation sites excluding steroid dienone is 3. The molecule has 0 aliphatic heterocycles. The zero-order valence-electron chi connectivity index (χ0n) is 34.4. The molecule has 0 rings (SSSR count). The van der Waals surface area contributed by atoms with Gasteiger partial charge in [0.25, 0.3) is 10.1 Å². The SMILES string of the molecule is CCCCCCCCCCCCCC/C=C/CC/C=C/C(O)C(CS(=O)(=O)O)NC(=O)CCCCCCCCCCCCCCCCCCCCC. The van der Waals surface area contributed by atoms with Crippen LogP contribution in [0.5, 0.6) is 0 Å². The molecule has 7 heteroatoms. The lowest BCUT2D eigenvalue weighted by Crippen LogP contribution is -2.46. The highest BCUT2D eigenvalue weighted by Gasteiger charge is 2.24. The summed E-state index contributed by atoms with van der Waals surface area (Å²) in [6, 6.07) is -1.07. The second-order valence-electron chi connectivity index (χ2n) is 15.7. The first kappa shape index (κ1) is 50.8. The average Bonchev–Trinajstić information content (AvgIpc) is 3.11. The molecule has 0 fully saturated rings. The summed E-state index contributed by atoms with van der Waals surface area (Å²) < 4.78 is 32.5. The first-order valence-corrected chi connectivity index (χ1v) is 24.1. The van der Waals surface area contributed by atoms with Gasteiger partial charge < -0.3 is 10.4 Å². The van der Waals surface area contributed by atoms with E-state index >= 15 is 0 Å². The monoisotopic (exact) mass is 754 g/mol. The Morgan fingerprint density at radius 2 is 0.827 bits per heavy atom. The number of hydrogen-bond acceptors (Lipinski definition) is 4. The van der Waals surface area contributed by atoms with Gasteiger partial charge in [-0.25, -0.2) is 0 Å². The van der Waals surface area contributed by atoms with E-state index in [1.807, 2.05) is 6.08 Å². The van der Waals surface area contributed by atoms with Gasteiger partial charge in [0, 0.05) is 6.42 Å². The lowest BCUT2D eigenvalue weighted by molar-refractivity contribution is -0.122. The van der Waals surface area contributed by atoms with Crippen LogP contribution in [-0.2, 0) is 14.9 Å². The van der Waals surface area contributed by atoms with Crippen molar-refractivity contribution in [1.29, 1.82) is 0 Å². The van der Waals surface area contributed by atoms with E-state index in [4.69, 9.17) is 0 Å². The molecule has 6 nitrogen and oxygen atoms in total. The maximum Gasteiger partial charge on any atom is 0.267 e. The molecule has 0 saturated heterocycles. The van der Waals surface area contributed by atoms with Crippen LogP contribution < -0.4 is 5.32 Å². The lowest BCUT2D eigenvalue weighted by atomic mass is 10.0. The predicted octanol–water partition coefficient (Wildman–Crippen LogP) is 13.5. The Hall–Kier alpha value is -1.18. The van der Waals surface area contributed by atoms with Gasteiger partial charge >= 0.3 is 0 Å². The molecule has 52 heavy (non-hydrogen) atoms. The minimum absolute atomic E-state index is 0.284. The highest BCUT2D eigenvalue weighted by atomic mass is 32.2. The smallest absolute Gasteiger partial charge is 0.267 e. The van der Waals surface area contributed by atoms with E-state index < -0.39 is 28.0 Å². The van der Waals surface area contributed by atoms with Crippen LogP contribution in [0.25, 0.3) is 0 Å².